The zero-order valence-electron chi connectivity index (χ0n) is 7.42. The van der Waals surface area contributed by atoms with Gasteiger partial charge in [0.1, 0.15) is 0 Å². The molecule has 0 aromatic heterocycles. The van der Waals surface area contributed by atoms with Crippen LogP contribution < -0.4 is 5.32 Å². The minimum atomic E-state index is -0.105. The number of halogens is 1. The second-order valence-electron chi connectivity index (χ2n) is 2.82. The Balaban J connectivity index is 2.56. The molecule has 0 bridgehead atoms. The van der Waals surface area contributed by atoms with Gasteiger partial charge in [-0.15, -0.1) is 0 Å². The maximum absolute atomic E-state index is 8.56. The van der Waals surface area contributed by atoms with Crippen molar-refractivity contribution in [3.05, 3.63) is 34.3 Å². The van der Waals surface area contributed by atoms with Crippen molar-refractivity contribution >= 4 is 15.9 Å². The van der Waals surface area contributed by atoms with Crippen molar-refractivity contribution in [1.29, 1.82) is 5.26 Å². The Labute approximate surface area is 86.7 Å². The number of hydrogen-bond acceptors (Lipinski definition) is 2. The highest BCUT2D eigenvalue weighted by Gasteiger charge is 2.00. The van der Waals surface area contributed by atoms with Crippen LogP contribution in [0.2, 0.25) is 0 Å². The predicted molar refractivity (Wildman–Crippen MR) is 56.1 cm³/mol. The first-order valence-corrected chi connectivity index (χ1v) is 4.89. The van der Waals surface area contributed by atoms with E-state index in [0.29, 0.717) is 0 Å². The van der Waals surface area contributed by atoms with Gasteiger partial charge in [-0.1, -0.05) is 34.1 Å². The first-order valence-electron chi connectivity index (χ1n) is 4.10. The summed E-state index contributed by atoms with van der Waals surface area (Å²) in [5.74, 6) is 0. The number of hydrogen-bond donors (Lipinski definition) is 1. The maximum atomic E-state index is 8.56. The Morgan fingerprint density at radius 3 is 2.85 bits per heavy atom. The molecule has 1 atom stereocenters. The lowest BCUT2D eigenvalue weighted by Gasteiger charge is -2.07. The number of nitriles is 1. The van der Waals surface area contributed by atoms with Gasteiger partial charge in [-0.05, 0) is 18.6 Å². The normalized spacial score (nSPS) is 12.1. The van der Waals surface area contributed by atoms with E-state index in [9.17, 15) is 0 Å². The predicted octanol–water partition coefficient (Wildman–Crippen LogP) is 2.45. The molecule has 0 aliphatic rings. The third-order valence-corrected chi connectivity index (χ3v) is 2.52. The molecule has 13 heavy (non-hydrogen) atoms. The van der Waals surface area contributed by atoms with Crippen LogP contribution in [0, 0.1) is 11.3 Å². The van der Waals surface area contributed by atoms with Gasteiger partial charge in [0.2, 0.25) is 0 Å². The van der Waals surface area contributed by atoms with Crippen molar-refractivity contribution in [1.82, 2.24) is 5.32 Å². The van der Waals surface area contributed by atoms with Gasteiger partial charge in [-0.25, -0.2) is 0 Å². The van der Waals surface area contributed by atoms with E-state index < -0.39 is 0 Å². The van der Waals surface area contributed by atoms with Crippen LogP contribution in [-0.4, -0.2) is 6.04 Å². The molecule has 0 amide bonds. The highest BCUT2D eigenvalue weighted by Crippen LogP contribution is 2.15. The van der Waals surface area contributed by atoms with E-state index in [-0.39, 0.29) is 6.04 Å². The molecular weight excluding hydrogens is 228 g/mol. The molecule has 1 aromatic carbocycles. The molecule has 0 radical (unpaired) electrons. The van der Waals surface area contributed by atoms with Crippen LogP contribution in [0.4, 0.5) is 0 Å². The molecule has 3 heteroatoms. The molecular formula is C10H11BrN2. The van der Waals surface area contributed by atoms with E-state index in [1.165, 1.54) is 5.56 Å². The fraction of sp³-hybridized carbons (Fsp3) is 0.300. The second kappa shape index (κ2) is 5.00. The molecule has 0 fully saturated rings. The van der Waals surface area contributed by atoms with Gasteiger partial charge >= 0.3 is 0 Å². The summed E-state index contributed by atoms with van der Waals surface area (Å²) < 4.78 is 1.08. The molecule has 0 saturated heterocycles. The molecule has 1 rings (SSSR count). The highest BCUT2D eigenvalue weighted by atomic mass is 79.9. The summed E-state index contributed by atoms with van der Waals surface area (Å²) in [6, 6.07) is 10.0. The highest BCUT2D eigenvalue weighted by molar-refractivity contribution is 9.10. The lowest BCUT2D eigenvalue weighted by molar-refractivity contribution is 0.641. The van der Waals surface area contributed by atoms with Crippen LogP contribution in [-0.2, 0) is 6.54 Å². The fourth-order valence-corrected chi connectivity index (χ4v) is 1.38. The summed E-state index contributed by atoms with van der Waals surface area (Å²) in [5.41, 5.74) is 1.17. The molecule has 1 unspecified atom stereocenters. The van der Waals surface area contributed by atoms with Crippen LogP contribution >= 0.6 is 15.9 Å². The number of nitrogens with one attached hydrogen (secondary N) is 1. The quantitative estimate of drug-likeness (QED) is 0.879. The number of rotatable bonds is 3. The molecule has 68 valence electrons. The van der Waals surface area contributed by atoms with Crippen molar-refractivity contribution in [3.63, 3.8) is 0 Å². The Morgan fingerprint density at radius 1 is 1.54 bits per heavy atom. The molecule has 0 heterocycles. The minimum absolute atomic E-state index is 0.105. The van der Waals surface area contributed by atoms with Crippen molar-refractivity contribution in [3.8, 4) is 6.07 Å². The topological polar surface area (TPSA) is 35.8 Å². The van der Waals surface area contributed by atoms with Gasteiger partial charge in [0.05, 0.1) is 12.1 Å². The van der Waals surface area contributed by atoms with E-state index >= 15 is 0 Å². The molecule has 0 saturated carbocycles. The summed E-state index contributed by atoms with van der Waals surface area (Å²) in [6.07, 6.45) is 0. The zero-order valence-corrected chi connectivity index (χ0v) is 9.01. The third-order valence-electron chi connectivity index (χ3n) is 1.75. The lowest BCUT2D eigenvalue weighted by atomic mass is 10.2. The maximum Gasteiger partial charge on any atom is 0.0927 e. The van der Waals surface area contributed by atoms with Crippen LogP contribution in [0.5, 0.6) is 0 Å². The summed E-state index contributed by atoms with van der Waals surface area (Å²) in [6.45, 7) is 2.56. The summed E-state index contributed by atoms with van der Waals surface area (Å²) in [5, 5.41) is 11.7. The fourth-order valence-electron chi connectivity index (χ4n) is 0.950. The third kappa shape index (κ3) is 3.17. The lowest BCUT2D eigenvalue weighted by Crippen LogP contribution is -2.23. The van der Waals surface area contributed by atoms with Gasteiger partial charge in [0.25, 0.3) is 0 Å². The minimum Gasteiger partial charge on any atom is -0.298 e. The number of nitrogens with zero attached hydrogens (tertiary/aromatic N) is 1. The molecule has 1 aromatic rings. The van der Waals surface area contributed by atoms with Crippen LogP contribution in [0.25, 0.3) is 0 Å². The van der Waals surface area contributed by atoms with E-state index in [2.05, 4.69) is 27.3 Å². The first kappa shape index (κ1) is 10.2. The van der Waals surface area contributed by atoms with Gasteiger partial charge in [-0.2, -0.15) is 5.26 Å². The first-order chi connectivity index (χ1) is 6.24. The summed E-state index contributed by atoms with van der Waals surface area (Å²) >= 11 is 3.45. The van der Waals surface area contributed by atoms with Gasteiger partial charge in [0, 0.05) is 11.0 Å². The van der Waals surface area contributed by atoms with E-state index in [1.807, 2.05) is 31.2 Å². The van der Waals surface area contributed by atoms with Crippen LogP contribution in [0.15, 0.2) is 28.7 Å². The van der Waals surface area contributed by atoms with Gasteiger partial charge < -0.3 is 0 Å². The molecule has 0 spiro atoms. The van der Waals surface area contributed by atoms with E-state index in [0.717, 1.165) is 11.0 Å². The Kier molecular flexibility index (Phi) is 3.94. The van der Waals surface area contributed by atoms with E-state index in [1.54, 1.807) is 0 Å². The van der Waals surface area contributed by atoms with Crippen molar-refractivity contribution in [2.24, 2.45) is 0 Å². The van der Waals surface area contributed by atoms with Crippen molar-refractivity contribution in [2.45, 2.75) is 19.5 Å². The summed E-state index contributed by atoms with van der Waals surface area (Å²) in [4.78, 5) is 0. The summed E-state index contributed by atoms with van der Waals surface area (Å²) in [7, 11) is 0. The van der Waals surface area contributed by atoms with Gasteiger partial charge in [0.15, 0.2) is 0 Å². The van der Waals surface area contributed by atoms with Gasteiger partial charge in [-0.3, -0.25) is 5.32 Å². The van der Waals surface area contributed by atoms with Crippen molar-refractivity contribution in [2.75, 3.05) is 0 Å². The largest absolute Gasteiger partial charge is 0.298 e. The monoisotopic (exact) mass is 238 g/mol. The Hall–Kier alpha value is -0.850. The molecule has 0 aliphatic heterocycles. The standard InChI is InChI=1S/C10H11BrN2/c1-8(6-12)13-7-9-4-2-3-5-10(9)11/h2-5,8,13H,7H2,1H3. The van der Waals surface area contributed by atoms with Crippen LogP contribution in [0.1, 0.15) is 12.5 Å². The van der Waals surface area contributed by atoms with Crippen LogP contribution in [0.3, 0.4) is 0 Å². The zero-order chi connectivity index (χ0) is 9.68. The molecule has 1 N–H and O–H groups in total. The Bertz CT molecular complexity index is 317. The second-order valence-corrected chi connectivity index (χ2v) is 3.68. The van der Waals surface area contributed by atoms with Crippen molar-refractivity contribution < 1.29 is 0 Å². The number of benzene rings is 1. The SMILES string of the molecule is CC(C#N)NCc1ccccc1Br. The smallest absolute Gasteiger partial charge is 0.0927 e. The Morgan fingerprint density at radius 2 is 2.23 bits per heavy atom. The molecule has 0 aliphatic carbocycles. The van der Waals surface area contributed by atoms with E-state index in [4.69, 9.17) is 5.26 Å². The average molecular weight is 239 g/mol. The average Bonchev–Trinajstić information content (AvgIpc) is 2.16. The molecule has 2 nitrogen and oxygen atoms in total.